The van der Waals surface area contributed by atoms with Crippen molar-refractivity contribution in [2.24, 2.45) is 0 Å². The van der Waals surface area contributed by atoms with Crippen LogP contribution in [0.1, 0.15) is 37.6 Å². The van der Waals surface area contributed by atoms with E-state index in [1.54, 1.807) is 18.5 Å². The zero-order valence-corrected chi connectivity index (χ0v) is 11.4. The summed E-state index contributed by atoms with van der Waals surface area (Å²) in [7, 11) is 0. The predicted molar refractivity (Wildman–Crippen MR) is 72.9 cm³/mol. The highest BCUT2D eigenvalue weighted by Gasteiger charge is 2.20. The second-order valence-electron chi connectivity index (χ2n) is 4.95. The van der Waals surface area contributed by atoms with Crippen LogP contribution in [0.3, 0.4) is 0 Å². The van der Waals surface area contributed by atoms with Gasteiger partial charge in [0.05, 0.1) is 11.1 Å². The molecule has 0 aliphatic rings. The summed E-state index contributed by atoms with van der Waals surface area (Å²) >= 11 is 5.80. The number of amides is 1. The van der Waals surface area contributed by atoms with Gasteiger partial charge in [0.1, 0.15) is 5.15 Å². The van der Waals surface area contributed by atoms with Gasteiger partial charge in [0.15, 0.2) is 0 Å². The van der Waals surface area contributed by atoms with Gasteiger partial charge < -0.3 is 10.3 Å². The van der Waals surface area contributed by atoms with Crippen LogP contribution in [0.2, 0.25) is 5.15 Å². The minimum absolute atomic E-state index is 0.0998. The highest BCUT2D eigenvalue weighted by molar-refractivity contribution is 6.30. The van der Waals surface area contributed by atoms with Gasteiger partial charge in [-0.1, -0.05) is 18.5 Å². The Balaban J connectivity index is 2.34. The van der Waals surface area contributed by atoms with Crippen LogP contribution >= 0.6 is 11.6 Å². The Labute approximate surface area is 111 Å². The second-order valence-corrected chi connectivity index (χ2v) is 5.33. The Morgan fingerprint density at radius 2 is 2.28 bits per heavy atom. The largest absolute Gasteiger partial charge is 0.360 e. The maximum absolute atomic E-state index is 12.2. The van der Waals surface area contributed by atoms with Crippen molar-refractivity contribution in [3.63, 3.8) is 0 Å². The summed E-state index contributed by atoms with van der Waals surface area (Å²) < 4.78 is 0. The molecule has 18 heavy (non-hydrogen) atoms. The Kier molecular flexibility index (Phi) is 3.30. The van der Waals surface area contributed by atoms with E-state index in [-0.39, 0.29) is 11.4 Å². The molecule has 4 nitrogen and oxygen atoms in total. The van der Waals surface area contributed by atoms with Crippen molar-refractivity contribution in [2.45, 2.75) is 32.7 Å². The molecule has 2 heterocycles. The van der Waals surface area contributed by atoms with Gasteiger partial charge in [0, 0.05) is 23.3 Å². The fourth-order valence-corrected chi connectivity index (χ4v) is 1.80. The third-order valence-corrected chi connectivity index (χ3v) is 3.32. The van der Waals surface area contributed by atoms with Crippen molar-refractivity contribution in [2.75, 3.05) is 0 Å². The molecular formula is C13H16ClN3O. The number of nitrogens with one attached hydrogen (secondary N) is 2. The van der Waals surface area contributed by atoms with Crippen LogP contribution in [0.25, 0.3) is 10.9 Å². The fraction of sp³-hybridized carbons (Fsp3) is 0.385. The highest BCUT2D eigenvalue weighted by atomic mass is 35.5. The minimum Gasteiger partial charge on any atom is -0.360 e. The number of nitrogens with zero attached hydrogens (tertiary/aromatic N) is 1. The molecule has 0 bridgehead atoms. The normalized spacial score (nSPS) is 11.8. The molecule has 0 saturated heterocycles. The zero-order chi connectivity index (χ0) is 13.3. The summed E-state index contributed by atoms with van der Waals surface area (Å²) in [6, 6.07) is 1.71. The van der Waals surface area contributed by atoms with Crippen molar-refractivity contribution >= 4 is 28.4 Å². The molecule has 0 aliphatic carbocycles. The number of H-pyrrole nitrogens is 1. The van der Waals surface area contributed by atoms with Crippen molar-refractivity contribution < 1.29 is 4.79 Å². The first kappa shape index (κ1) is 12.9. The SMILES string of the molecule is CCC(C)(C)NC(=O)c1c[nH]c2cc(Cl)ncc12. The van der Waals surface area contributed by atoms with E-state index in [4.69, 9.17) is 11.6 Å². The van der Waals surface area contributed by atoms with E-state index in [9.17, 15) is 4.79 Å². The Bertz CT molecular complexity index is 589. The van der Waals surface area contributed by atoms with Crippen LogP contribution in [-0.2, 0) is 0 Å². The number of carbonyl (C=O) groups excluding carboxylic acids is 1. The van der Waals surface area contributed by atoms with Gasteiger partial charge in [-0.3, -0.25) is 4.79 Å². The summed E-state index contributed by atoms with van der Waals surface area (Å²) in [6.45, 7) is 6.03. The van der Waals surface area contributed by atoms with Crippen LogP contribution in [0, 0.1) is 0 Å². The first-order valence-electron chi connectivity index (χ1n) is 5.88. The van der Waals surface area contributed by atoms with Crippen molar-refractivity contribution in [3.8, 4) is 0 Å². The molecule has 5 heteroatoms. The number of carbonyl (C=O) groups is 1. The van der Waals surface area contributed by atoms with Gasteiger partial charge in [0.2, 0.25) is 0 Å². The van der Waals surface area contributed by atoms with E-state index in [0.29, 0.717) is 10.7 Å². The Hall–Kier alpha value is -1.55. The number of fused-ring (bicyclic) bond motifs is 1. The maximum Gasteiger partial charge on any atom is 0.253 e. The smallest absolute Gasteiger partial charge is 0.253 e. The van der Waals surface area contributed by atoms with Crippen LogP contribution in [0.5, 0.6) is 0 Å². The first-order chi connectivity index (χ1) is 8.43. The van der Waals surface area contributed by atoms with E-state index in [0.717, 1.165) is 17.3 Å². The molecule has 2 aromatic heterocycles. The first-order valence-corrected chi connectivity index (χ1v) is 6.26. The van der Waals surface area contributed by atoms with E-state index < -0.39 is 0 Å². The molecule has 0 aliphatic heterocycles. The lowest BCUT2D eigenvalue weighted by atomic mass is 10.0. The lowest BCUT2D eigenvalue weighted by molar-refractivity contribution is 0.0913. The van der Waals surface area contributed by atoms with Gasteiger partial charge in [0.25, 0.3) is 5.91 Å². The maximum atomic E-state index is 12.2. The Morgan fingerprint density at radius 1 is 1.56 bits per heavy atom. The predicted octanol–water partition coefficient (Wildman–Crippen LogP) is 3.13. The van der Waals surface area contributed by atoms with E-state index >= 15 is 0 Å². The van der Waals surface area contributed by atoms with Crippen LogP contribution in [0.15, 0.2) is 18.5 Å². The van der Waals surface area contributed by atoms with E-state index in [2.05, 4.69) is 15.3 Å². The number of aromatic nitrogens is 2. The molecule has 0 saturated carbocycles. The second kappa shape index (κ2) is 4.61. The van der Waals surface area contributed by atoms with Crippen LogP contribution in [0.4, 0.5) is 0 Å². The monoisotopic (exact) mass is 265 g/mol. The van der Waals surface area contributed by atoms with Crippen LogP contribution < -0.4 is 5.32 Å². The number of hydrogen-bond acceptors (Lipinski definition) is 2. The molecule has 2 rings (SSSR count). The number of pyridine rings is 1. The molecule has 0 spiro atoms. The molecule has 2 aromatic rings. The molecular weight excluding hydrogens is 250 g/mol. The summed E-state index contributed by atoms with van der Waals surface area (Å²) in [5, 5.41) is 4.18. The average Bonchev–Trinajstić information content (AvgIpc) is 2.71. The number of hydrogen-bond donors (Lipinski definition) is 2. The minimum atomic E-state index is -0.222. The van der Waals surface area contributed by atoms with Gasteiger partial charge in [-0.05, 0) is 26.3 Å². The average molecular weight is 266 g/mol. The molecule has 2 N–H and O–H groups in total. The summed E-state index contributed by atoms with van der Waals surface area (Å²) in [4.78, 5) is 19.2. The standard InChI is InChI=1S/C13H16ClN3O/c1-4-13(2,3)17-12(18)9-7-15-10-5-11(14)16-6-8(9)10/h5-7,15H,4H2,1-3H3,(H,17,18). The third-order valence-electron chi connectivity index (χ3n) is 3.11. The summed E-state index contributed by atoms with van der Waals surface area (Å²) in [6.07, 6.45) is 4.16. The van der Waals surface area contributed by atoms with Crippen molar-refractivity contribution in [3.05, 3.63) is 29.2 Å². The molecule has 0 unspecified atom stereocenters. The molecule has 1 amide bonds. The molecule has 96 valence electrons. The van der Waals surface area contributed by atoms with Crippen molar-refractivity contribution in [1.29, 1.82) is 0 Å². The lowest BCUT2D eigenvalue weighted by Gasteiger charge is -2.24. The zero-order valence-electron chi connectivity index (χ0n) is 10.7. The third kappa shape index (κ3) is 2.48. The number of aromatic amines is 1. The van der Waals surface area contributed by atoms with Gasteiger partial charge in [-0.2, -0.15) is 0 Å². The Morgan fingerprint density at radius 3 is 2.94 bits per heavy atom. The number of halogens is 1. The number of rotatable bonds is 3. The van der Waals surface area contributed by atoms with E-state index in [1.807, 2.05) is 20.8 Å². The summed E-state index contributed by atoms with van der Waals surface area (Å²) in [5.41, 5.74) is 1.19. The topological polar surface area (TPSA) is 57.8 Å². The van der Waals surface area contributed by atoms with Crippen molar-refractivity contribution in [1.82, 2.24) is 15.3 Å². The highest BCUT2D eigenvalue weighted by Crippen LogP contribution is 2.20. The lowest BCUT2D eigenvalue weighted by Crippen LogP contribution is -2.42. The molecule has 0 fully saturated rings. The molecule has 0 aromatic carbocycles. The van der Waals surface area contributed by atoms with E-state index in [1.165, 1.54) is 0 Å². The fourth-order valence-electron chi connectivity index (χ4n) is 1.64. The van der Waals surface area contributed by atoms with Gasteiger partial charge >= 0.3 is 0 Å². The molecule has 0 radical (unpaired) electrons. The van der Waals surface area contributed by atoms with Crippen LogP contribution in [-0.4, -0.2) is 21.4 Å². The summed E-state index contributed by atoms with van der Waals surface area (Å²) in [5.74, 6) is -0.0998. The van der Waals surface area contributed by atoms with Gasteiger partial charge in [-0.15, -0.1) is 0 Å². The van der Waals surface area contributed by atoms with Gasteiger partial charge in [-0.25, -0.2) is 4.98 Å². The quantitative estimate of drug-likeness (QED) is 0.838. The molecule has 0 atom stereocenters.